The highest BCUT2D eigenvalue weighted by atomic mass is 16.3. The zero-order chi connectivity index (χ0) is 11.6. The van der Waals surface area contributed by atoms with Crippen molar-refractivity contribution in [2.45, 2.75) is 26.0 Å². The second-order valence-corrected chi connectivity index (χ2v) is 4.57. The molecule has 2 aromatic rings. The van der Waals surface area contributed by atoms with Crippen LogP contribution in [0.2, 0.25) is 0 Å². The van der Waals surface area contributed by atoms with Crippen LogP contribution in [0.1, 0.15) is 19.4 Å². The number of oxazole rings is 1. The third-order valence-corrected chi connectivity index (χ3v) is 2.28. The van der Waals surface area contributed by atoms with E-state index in [-0.39, 0.29) is 0 Å². The van der Waals surface area contributed by atoms with Crippen molar-refractivity contribution in [1.82, 2.24) is 10.3 Å². The van der Waals surface area contributed by atoms with Gasteiger partial charge in [-0.1, -0.05) is 6.07 Å². The van der Waals surface area contributed by atoms with E-state index in [1.165, 1.54) is 6.39 Å². The van der Waals surface area contributed by atoms with E-state index < -0.39 is 5.60 Å². The zero-order valence-electron chi connectivity index (χ0n) is 9.53. The van der Waals surface area contributed by atoms with Crippen molar-refractivity contribution in [3.63, 3.8) is 0 Å². The van der Waals surface area contributed by atoms with E-state index in [0.29, 0.717) is 13.1 Å². The van der Waals surface area contributed by atoms with E-state index in [4.69, 9.17) is 4.42 Å². The molecule has 0 saturated heterocycles. The monoisotopic (exact) mass is 220 g/mol. The van der Waals surface area contributed by atoms with Gasteiger partial charge in [-0.05, 0) is 31.5 Å². The standard InChI is InChI=1S/C12H16N2O2/c1-12(2,15)7-13-6-9-3-4-10-11(5-9)16-8-14-10/h3-5,8,13,15H,6-7H2,1-2H3. The van der Waals surface area contributed by atoms with Crippen LogP contribution in [0.5, 0.6) is 0 Å². The first-order valence-corrected chi connectivity index (χ1v) is 5.30. The molecule has 2 N–H and O–H groups in total. The Hall–Kier alpha value is -1.39. The molecule has 0 bridgehead atoms. The summed E-state index contributed by atoms with van der Waals surface area (Å²) in [6.07, 6.45) is 1.44. The quantitative estimate of drug-likeness (QED) is 0.823. The van der Waals surface area contributed by atoms with Crippen LogP contribution in [-0.2, 0) is 6.54 Å². The third-order valence-electron chi connectivity index (χ3n) is 2.28. The van der Waals surface area contributed by atoms with Crippen LogP contribution in [-0.4, -0.2) is 22.2 Å². The maximum Gasteiger partial charge on any atom is 0.181 e. The Morgan fingerprint density at radius 2 is 2.25 bits per heavy atom. The minimum Gasteiger partial charge on any atom is -0.443 e. The molecule has 16 heavy (non-hydrogen) atoms. The Morgan fingerprint density at radius 1 is 1.44 bits per heavy atom. The van der Waals surface area contributed by atoms with Gasteiger partial charge in [-0.25, -0.2) is 4.98 Å². The predicted octanol–water partition coefficient (Wildman–Crippen LogP) is 1.69. The van der Waals surface area contributed by atoms with E-state index in [2.05, 4.69) is 10.3 Å². The summed E-state index contributed by atoms with van der Waals surface area (Å²) in [5.41, 5.74) is 2.10. The van der Waals surface area contributed by atoms with Crippen molar-refractivity contribution in [3.05, 3.63) is 30.2 Å². The van der Waals surface area contributed by atoms with Crippen LogP contribution >= 0.6 is 0 Å². The number of nitrogens with one attached hydrogen (secondary N) is 1. The number of aromatic nitrogens is 1. The molecule has 0 unspecified atom stereocenters. The van der Waals surface area contributed by atoms with Crippen LogP contribution in [0.3, 0.4) is 0 Å². The summed E-state index contributed by atoms with van der Waals surface area (Å²) in [6.45, 7) is 4.82. The highest BCUT2D eigenvalue weighted by Gasteiger charge is 2.11. The minimum absolute atomic E-state index is 0.557. The van der Waals surface area contributed by atoms with E-state index >= 15 is 0 Å². The van der Waals surface area contributed by atoms with Gasteiger partial charge in [0.2, 0.25) is 0 Å². The summed E-state index contributed by atoms with van der Waals surface area (Å²) < 4.78 is 5.22. The number of benzene rings is 1. The lowest BCUT2D eigenvalue weighted by molar-refractivity contribution is 0.0795. The maximum absolute atomic E-state index is 9.54. The average molecular weight is 220 g/mol. The predicted molar refractivity (Wildman–Crippen MR) is 62.0 cm³/mol. The van der Waals surface area contributed by atoms with Gasteiger partial charge in [-0.3, -0.25) is 0 Å². The molecule has 0 radical (unpaired) electrons. The van der Waals surface area contributed by atoms with Crippen molar-refractivity contribution in [2.24, 2.45) is 0 Å². The minimum atomic E-state index is -0.684. The third kappa shape index (κ3) is 2.81. The van der Waals surface area contributed by atoms with Crippen molar-refractivity contribution < 1.29 is 9.52 Å². The van der Waals surface area contributed by atoms with Crippen molar-refractivity contribution in [2.75, 3.05) is 6.54 Å². The molecule has 1 aromatic carbocycles. The number of aliphatic hydroxyl groups is 1. The van der Waals surface area contributed by atoms with Crippen molar-refractivity contribution in [3.8, 4) is 0 Å². The smallest absolute Gasteiger partial charge is 0.181 e. The first-order valence-electron chi connectivity index (χ1n) is 5.30. The Bertz CT molecular complexity index is 471. The largest absolute Gasteiger partial charge is 0.443 e. The number of rotatable bonds is 4. The van der Waals surface area contributed by atoms with Gasteiger partial charge in [0.25, 0.3) is 0 Å². The first-order chi connectivity index (χ1) is 7.54. The summed E-state index contributed by atoms with van der Waals surface area (Å²) in [4.78, 5) is 4.05. The van der Waals surface area contributed by atoms with Crippen LogP contribution in [0.15, 0.2) is 29.0 Å². The van der Waals surface area contributed by atoms with Gasteiger partial charge in [-0.15, -0.1) is 0 Å². The molecule has 4 heteroatoms. The molecule has 0 aliphatic rings. The molecule has 0 fully saturated rings. The summed E-state index contributed by atoms with van der Waals surface area (Å²) in [5.74, 6) is 0. The van der Waals surface area contributed by atoms with E-state index in [1.807, 2.05) is 18.2 Å². The molecule has 0 aliphatic carbocycles. The Balaban J connectivity index is 1.99. The second kappa shape index (κ2) is 4.23. The van der Waals surface area contributed by atoms with E-state index in [1.54, 1.807) is 13.8 Å². The van der Waals surface area contributed by atoms with Crippen molar-refractivity contribution >= 4 is 11.1 Å². The van der Waals surface area contributed by atoms with E-state index in [0.717, 1.165) is 16.7 Å². The molecule has 0 saturated carbocycles. The Kier molecular flexibility index (Phi) is 2.94. The number of fused-ring (bicyclic) bond motifs is 1. The van der Waals surface area contributed by atoms with Gasteiger partial charge in [0.1, 0.15) is 5.52 Å². The van der Waals surface area contributed by atoms with Gasteiger partial charge < -0.3 is 14.8 Å². The zero-order valence-corrected chi connectivity index (χ0v) is 9.53. The summed E-state index contributed by atoms with van der Waals surface area (Å²) in [7, 11) is 0. The summed E-state index contributed by atoms with van der Waals surface area (Å²) in [6, 6.07) is 5.89. The molecular weight excluding hydrogens is 204 g/mol. The SMILES string of the molecule is CC(C)(O)CNCc1ccc2ncoc2c1. The topological polar surface area (TPSA) is 58.3 Å². The molecule has 0 atom stereocenters. The van der Waals surface area contributed by atoms with Gasteiger partial charge >= 0.3 is 0 Å². The molecule has 0 amide bonds. The fourth-order valence-corrected chi connectivity index (χ4v) is 1.52. The molecule has 1 aromatic heterocycles. The molecule has 86 valence electrons. The molecule has 4 nitrogen and oxygen atoms in total. The molecular formula is C12H16N2O2. The molecule has 0 spiro atoms. The van der Waals surface area contributed by atoms with E-state index in [9.17, 15) is 5.11 Å². The van der Waals surface area contributed by atoms with Crippen LogP contribution in [0.25, 0.3) is 11.1 Å². The highest BCUT2D eigenvalue weighted by Crippen LogP contribution is 2.14. The summed E-state index contributed by atoms with van der Waals surface area (Å²) >= 11 is 0. The molecule has 0 aliphatic heterocycles. The highest BCUT2D eigenvalue weighted by molar-refractivity contribution is 5.72. The Morgan fingerprint density at radius 3 is 3.00 bits per heavy atom. The lowest BCUT2D eigenvalue weighted by atomic mass is 10.1. The first kappa shape index (κ1) is 11.1. The van der Waals surface area contributed by atoms with Gasteiger partial charge in [0, 0.05) is 13.1 Å². The van der Waals surface area contributed by atoms with Crippen LogP contribution in [0, 0.1) is 0 Å². The normalized spacial score (nSPS) is 12.2. The molecule has 1 heterocycles. The molecule has 2 rings (SSSR count). The number of hydrogen-bond acceptors (Lipinski definition) is 4. The Labute approximate surface area is 94.3 Å². The summed E-state index contributed by atoms with van der Waals surface area (Å²) in [5, 5.41) is 12.7. The average Bonchev–Trinajstić information content (AvgIpc) is 2.62. The maximum atomic E-state index is 9.54. The van der Waals surface area contributed by atoms with Gasteiger partial charge in [0.15, 0.2) is 12.0 Å². The second-order valence-electron chi connectivity index (χ2n) is 4.57. The fourth-order valence-electron chi connectivity index (χ4n) is 1.52. The lowest BCUT2D eigenvalue weighted by Crippen LogP contribution is -2.34. The number of nitrogens with zero attached hydrogens (tertiary/aromatic N) is 1. The fraction of sp³-hybridized carbons (Fsp3) is 0.417. The van der Waals surface area contributed by atoms with Crippen molar-refractivity contribution in [1.29, 1.82) is 0 Å². The van der Waals surface area contributed by atoms with Crippen LogP contribution < -0.4 is 5.32 Å². The van der Waals surface area contributed by atoms with Gasteiger partial charge in [-0.2, -0.15) is 0 Å². The van der Waals surface area contributed by atoms with Crippen LogP contribution in [0.4, 0.5) is 0 Å². The van der Waals surface area contributed by atoms with Gasteiger partial charge in [0.05, 0.1) is 5.60 Å². The number of hydrogen-bond donors (Lipinski definition) is 2. The lowest BCUT2D eigenvalue weighted by Gasteiger charge is -2.17.